The molecule has 0 amide bonds. The van der Waals surface area contributed by atoms with Crippen LogP contribution in [0.15, 0.2) is 12.1 Å². The van der Waals surface area contributed by atoms with E-state index in [2.05, 4.69) is 16.4 Å². The van der Waals surface area contributed by atoms with E-state index < -0.39 is 11.9 Å². The second-order valence-electron chi connectivity index (χ2n) is 7.23. The Morgan fingerprint density at radius 3 is 2.67 bits per heavy atom. The van der Waals surface area contributed by atoms with Crippen molar-refractivity contribution in [2.75, 3.05) is 25.1 Å². The predicted octanol–water partition coefficient (Wildman–Crippen LogP) is 2.79. The van der Waals surface area contributed by atoms with Crippen molar-refractivity contribution < 1.29 is 14.6 Å². The summed E-state index contributed by atoms with van der Waals surface area (Å²) < 4.78 is 5.31. The molecule has 1 atom stereocenters. The molecule has 130 valence electrons. The molecule has 24 heavy (non-hydrogen) atoms. The van der Waals surface area contributed by atoms with Gasteiger partial charge in [0.25, 0.3) is 0 Å². The Hall–Kier alpha value is -2.13. The van der Waals surface area contributed by atoms with Crippen molar-refractivity contribution in [1.29, 1.82) is 5.26 Å². The summed E-state index contributed by atoms with van der Waals surface area (Å²) in [6, 6.07) is 5.69. The van der Waals surface area contributed by atoms with E-state index in [9.17, 15) is 15.2 Å². The lowest BCUT2D eigenvalue weighted by atomic mass is 9.86. The maximum atomic E-state index is 11.6. The first-order valence-corrected chi connectivity index (χ1v) is 8.29. The predicted molar refractivity (Wildman–Crippen MR) is 90.8 cm³/mol. The number of rotatable bonds is 5. The molecule has 1 aliphatic rings. The van der Waals surface area contributed by atoms with E-state index in [1.165, 1.54) is 0 Å². The summed E-state index contributed by atoms with van der Waals surface area (Å²) in [5, 5.41) is 21.9. The third-order valence-corrected chi connectivity index (χ3v) is 4.43. The van der Waals surface area contributed by atoms with E-state index in [1.807, 2.05) is 26.8 Å². The lowest BCUT2D eigenvalue weighted by molar-refractivity contribution is -0.144. The zero-order valence-corrected chi connectivity index (χ0v) is 14.5. The highest BCUT2D eigenvalue weighted by Gasteiger charge is 2.30. The van der Waals surface area contributed by atoms with Crippen LogP contribution < -0.4 is 5.32 Å². The molecule has 0 aliphatic carbocycles. The topological polar surface area (TPSA) is 95.2 Å². The van der Waals surface area contributed by atoms with Crippen molar-refractivity contribution in [3.8, 4) is 6.07 Å². The molecule has 1 fully saturated rings. The largest absolute Gasteiger partial charge is 0.481 e. The number of hydrogen-bond acceptors (Lipinski definition) is 5. The van der Waals surface area contributed by atoms with Crippen LogP contribution in [0, 0.1) is 23.2 Å². The summed E-state index contributed by atoms with van der Waals surface area (Å²) in [4.78, 5) is 16.2. The molecule has 2 N–H and O–H groups in total. The van der Waals surface area contributed by atoms with Gasteiger partial charge in [0.15, 0.2) is 0 Å². The number of aromatic nitrogens is 1. The van der Waals surface area contributed by atoms with Gasteiger partial charge in [-0.1, -0.05) is 20.8 Å². The molecule has 1 aromatic rings. The highest BCUT2D eigenvalue weighted by Crippen LogP contribution is 2.26. The number of nitrogens with one attached hydrogen (secondary N) is 1. The van der Waals surface area contributed by atoms with Crippen LogP contribution in [0.3, 0.4) is 0 Å². The number of anilines is 1. The van der Waals surface area contributed by atoms with Gasteiger partial charge >= 0.3 is 5.97 Å². The molecule has 1 aromatic heterocycles. The number of carbonyl (C=O) groups is 1. The lowest BCUT2D eigenvalue weighted by Gasteiger charge is -2.28. The smallest absolute Gasteiger partial charge is 0.308 e. The van der Waals surface area contributed by atoms with Crippen LogP contribution in [0.2, 0.25) is 0 Å². The molecule has 0 aromatic carbocycles. The van der Waals surface area contributed by atoms with Crippen LogP contribution in [-0.2, 0) is 14.9 Å². The highest BCUT2D eigenvalue weighted by atomic mass is 16.5. The zero-order chi connectivity index (χ0) is 17.7. The fraction of sp³-hybridized carbons (Fsp3) is 0.611. The first-order chi connectivity index (χ1) is 11.3. The normalized spacial score (nSPS) is 17.1. The van der Waals surface area contributed by atoms with Gasteiger partial charge in [-0.3, -0.25) is 4.79 Å². The molecule has 0 saturated carbocycles. The van der Waals surface area contributed by atoms with E-state index in [1.54, 1.807) is 6.07 Å². The van der Waals surface area contributed by atoms with Gasteiger partial charge in [-0.05, 0) is 30.9 Å². The molecule has 1 unspecified atom stereocenters. The minimum Gasteiger partial charge on any atom is -0.481 e. The van der Waals surface area contributed by atoms with Gasteiger partial charge < -0.3 is 15.2 Å². The highest BCUT2D eigenvalue weighted by molar-refractivity contribution is 5.71. The number of pyridine rings is 1. The van der Waals surface area contributed by atoms with E-state index >= 15 is 0 Å². The standard InChI is InChI=1S/C18H25N3O3/c1-18(2,3)15-5-4-13(10-19)16(21-15)20-11-14(17(22)23)12-6-8-24-9-7-12/h4-5,12,14H,6-9,11H2,1-3H3,(H,20,21)(H,22,23). The molecule has 1 aliphatic heterocycles. The van der Waals surface area contributed by atoms with Crippen molar-refractivity contribution in [2.24, 2.45) is 11.8 Å². The summed E-state index contributed by atoms with van der Waals surface area (Å²) in [7, 11) is 0. The van der Waals surface area contributed by atoms with Gasteiger partial charge in [-0.15, -0.1) is 0 Å². The average molecular weight is 331 g/mol. The van der Waals surface area contributed by atoms with E-state index in [0.29, 0.717) is 24.6 Å². The van der Waals surface area contributed by atoms with Gasteiger partial charge in [0.05, 0.1) is 11.5 Å². The van der Waals surface area contributed by atoms with Crippen LogP contribution >= 0.6 is 0 Å². The summed E-state index contributed by atoms with van der Waals surface area (Å²) >= 11 is 0. The Morgan fingerprint density at radius 1 is 1.46 bits per heavy atom. The first kappa shape index (κ1) is 18.2. The monoisotopic (exact) mass is 331 g/mol. The summed E-state index contributed by atoms with van der Waals surface area (Å²) in [5.41, 5.74) is 1.15. The molecule has 6 nitrogen and oxygen atoms in total. The second kappa shape index (κ2) is 7.63. The molecule has 6 heteroatoms. The number of ether oxygens (including phenoxy) is 1. The Balaban J connectivity index is 2.16. The van der Waals surface area contributed by atoms with Crippen LogP contribution in [0.1, 0.15) is 44.9 Å². The van der Waals surface area contributed by atoms with Crippen LogP contribution in [-0.4, -0.2) is 35.8 Å². The third kappa shape index (κ3) is 4.45. The van der Waals surface area contributed by atoms with Crippen LogP contribution in [0.25, 0.3) is 0 Å². The van der Waals surface area contributed by atoms with Gasteiger partial charge in [-0.25, -0.2) is 4.98 Å². The zero-order valence-electron chi connectivity index (χ0n) is 14.5. The van der Waals surface area contributed by atoms with Gasteiger partial charge in [0.1, 0.15) is 11.9 Å². The number of nitriles is 1. The van der Waals surface area contributed by atoms with Crippen molar-refractivity contribution >= 4 is 11.8 Å². The lowest BCUT2D eigenvalue weighted by Crippen LogP contribution is -2.34. The van der Waals surface area contributed by atoms with Crippen molar-refractivity contribution in [2.45, 2.75) is 39.0 Å². The first-order valence-electron chi connectivity index (χ1n) is 8.29. The van der Waals surface area contributed by atoms with Gasteiger partial charge in [-0.2, -0.15) is 5.26 Å². The maximum Gasteiger partial charge on any atom is 0.308 e. The molecule has 1 saturated heterocycles. The summed E-state index contributed by atoms with van der Waals surface area (Å²) in [5.74, 6) is -0.788. The molecule has 2 rings (SSSR count). The summed E-state index contributed by atoms with van der Waals surface area (Å²) in [6.07, 6.45) is 1.50. The van der Waals surface area contributed by atoms with Gasteiger partial charge in [0, 0.05) is 30.9 Å². The van der Waals surface area contributed by atoms with E-state index in [-0.39, 0.29) is 17.9 Å². The fourth-order valence-electron chi connectivity index (χ4n) is 2.88. The van der Waals surface area contributed by atoms with Gasteiger partial charge in [0.2, 0.25) is 0 Å². The quantitative estimate of drug-likeness (QED) is 0.861. The molecule has 0 bridgehead atoms. The molecule has 0 spiro atoms. The van der Waals surface area contributed by atoms with Crippen LogP contribution in [0.4, 0.5) is 5.82 Å². The SMILES string of the molecule is CC(C)(C)c1ccc(C#N)c(NCC(C(=O)O)C2CCOCC2)n1. The number of carboxylic acid groups (broad SMARTS) is 1. The van der Waals surface area contributed by atoms with Crippen LogP contribution in [0.5, 0.6) is 0 Å². The number of aliphatic carboxylic acids is 1. The third-order valence-electron chi connectivity index (χ3n) is 4.43. The number of nitrogens with zero attached hydrogens (tertiary/aromatic N) is 2. The Morgan fingerprint density at radius 2 is 2.12 bits per heavy atom. The second-order valence-corrected chi connectivity index (χ2v) is 7.23. The maximum absolute atomic E-state index is 11.6. The molecule has 0 radical (unpaired) electrons. The van der Waals surface area contributed by atoms with Crippen molar-refractivity contribution in [1.82, 2.24) is 4.98 Å². The Kier molecular flexibility index (Phi) is 5.79. The van der Waals surface area contributed by atoms with Crippen molar-refractivity contribution in [3.63, 3.8) is 0 Å². The molecular formula is C18H25N3O3. The number of carboxylic acids is 1. The Labute approximate surface area is 142 Å². The summed E-state index contributed by atoms with van der Waals surface area (Å²) in [6.45, 7) is 7.62. The van der Waals surface area contributed by atoms with Crippen molar-refractivity contribution in [3.05, 3.63) is 23.4 Å². The molecule has 2 heterocycles. The fourth-order valence-corrected chi connectivity index (χ4v) is 2.88. The number of hydrogen-bond donors (Lipinski definition) is 2. The minimum absolute atomic E-state index is 0.0834. The Bertz CT molecular complexity index is 625. The van der Waals surface area contributed by atoms with E-state index in [0.717, 1.165) is 18.5 Å². The average Bonchev–Trinajstić information content (AvgIpc) is 2.54. The van der Waals surface area contributed by atoms with E-state index in [4.69, 9.17) is 4.74 Å². The minimum atomic E-state index is -0.820. The molecular weight excluding hydrogens is 306 g/mol.